The molecule has 78 valence electrons. The molecule has 0 bridgehead atoms. The number of fused-ring (bicyclic) bond motifs is 1. The summed E-state index contributed by atoms with van der Waals surface area (Å²) in [5.74, 6) is 1.28. The molecule has 0 amide bonds. The van der Waals surface area contributed by atoms with Gasteiger partial charge in [-0.3, -0.25) is 0 Å². The van der Waals surface area contributed by atoms with Crippen molar-refractivity contribution in [1.29, 1.82) is 0 Å². The van der Waals surface area contributed by atoms with E-state index in [0.29, 0.717) is 5.52 Å². The molecule has 1 N–H and O–H groups in total. The van der Waals surface area contributed by atoms with Crippen LogP contribution in [0.25, 0.3) is 10.9 Å². The lowest BCUT2D eigenvalue weighted by molar-refractivity contribution is 0.480. The molecule has 0 spiro atoms. The lowest BCUT2D eigenvalue weighted by Gasteiger charge is -2.06. The van der Waals surface area contributed by atoms with Crippen molar-refractivity contribution in [3.05, 3.63) is 30.0 Å². The summed E-state index contributed by atoms with van der Waals surface area (Å²) in [4.78, 5) is 5.53. The molecule has 0 aliphatic rings. The van der Waals surface area contributed by atoms with Gasteiger partial charge in [-0.2, -0.15) is 0 Å². The van der Waals surface area contributed by atoms with Gasteiger partial charge in [0.1, 0.15) is 11.3 Å². The lowest BCUT2D eigenvalue weighted by Crippen LogP contribution is -1.86. The highest BCUT2D eigenvalue weighted by atomic mass is 32.2. The van der Waals surface area contributed by atoms with Crippen molar-refractivity contribution in [3.8, 4) is 5.75 Å². The van der Waals surface area contributed by atoms with E-state index in [9.17, 15) is 5.11 Å². The van der Waals surface area contributed by atoms with E-state index in [1.165, 1.54) is 4.90 Å². The van der Waals surface area contributed by atoms with Gasteiger partial charge in [0.2, 0.25) is 0 Å². The summed E-state index contributed by atoms with van der Waals surface area (Å²) in [6.07, 6.45) is 0. The van der Waals surface area contributed by atoms with E-state index in [4.69, 9.17) is 0 Å². The zero-order valence-electron chi connectivity index (χ0n) is 8.82. The number of aromatic hydroxyl groups is 1. The predicted molar refractivity (Wildman–Crippen MR) is 64.5 cm³/mol. The number of hydrogen-bond acceptors (Lipinski definition) is 3. The molecule has 0 unspecified atom stereocenters. The molecule has 15 heavy (non-hydrogen) atoms. The van der Waals surface area contributed by atoms with Crippen LogP contribution >= 0.6 is 11.8 Å². The van der Waals surface area contributed by atoms with Crippen molar-refractivity contribution in [2.24, 2.45) is 0 Å². The van der Waals surface area contributed by atoms with E-state index in [1.54, 1.807) is 17.8 Å². The molecular formula is C12H13NOS. The largest absolute Gasteiger partial charge is 0.506 e. The van der Waals surface area contributed by atoms with Crippen molar-refractivity contribution in [3.63, 3.8) is 0 Å². The van der Waals surface area contributed by atoms with E-state index >= 15 is 0 Å². The number of thioether (sulfide) groups is 1. The highest BCUT2D eigenvalue weighted by Gasteiger charge is 2.06. The maximum absolute atomic E-state index is 9.72. The van der Waals surface area contributed by atoms with Gasteiger partial charge in [-0.1, -0.05) is 6.92 Å². The Hall–Kier alpha value is -1.22. The minimum absolute atomic E-state index is 0.258. The Morgan fingerprint density at radius 2 is 2.07 bits per heavy atom. The molecule has 0 atom stereocenters. The van der Waals surface area contributed by atoms with Crippen LogP contribution in [0.3, 0.4) is 0 Å². The fourth-order valence-electron chi connectivity index (χ4n) is 1.56. The van der Waals surface area contributed by atoms with Gasteiger partial charge in [0.15, 0.2) is 0 Å². The molecule has 0 fully saturated rings. The van der Waals surface area contributed by atoms with Crippen LogP contribution in [0, 0.1) is 6.92 Å². The zero-order chi connectivity index (χ0) is 10.8. The van der Waals surface area contributed by atoms with Gasteiger partial charge in [-0.05, 0) is 36.9 Å². The van der Waals surface area contributed by atoms with Gasteiger partial charge in [0.25, 0.3) is 0 Å². The van der Waals surface area contributed by atoms with Crippen molar-refractivity contribution in [2.45, 2.75) is 18.7 Å². The molecule has 0 saturated heterocycles. The minimum atomic E-state index is 0.258. The van der Waals surface area contributed by atoms with Gasteiger partial charge < -0.3 is 5.11 Å². The van der Waals surface area contributed by atoms with Gasteiger partial charge in [-0.25, -0.2) is 4.98 Å². The SMILES string of the molecule is CCSc1ccc(O)c2nc(C)ccc12. The highest BCUT2D eigenvalue weighted by molar-refractivity contribution is 7.99. The normalized spacial score (nSPS) is 10.8. The molecule has 0 radical (unpaired) electrons. The summed E-state index contributed by atoms with van der Waals surface area (Å²) in [5.41, 5.74) is 1.63. The first kappa shape index (κ1) is 10.3. The van der Waals surface area contributed by atoms with Crippen LogP contribution in [0.1, 0.15) is 12.6 Å². The van der Waals surface area contributed by atoms with Crippen LogP contribution in [-0.4, -0.2) is 15.8 Å². The van der Waals surface area contributed by atoms with Crippen molar-refractivity contribution < 1.29 is 5.11 Å². The number of phenolic OH excluding ortho intramolecular Hbond substituents is 1. The Morgan fingerprint density at radius 1 is 1.27 bits per heavy atom. The summed E-state index contributed by atoms with van der Waals surface area (Å²) in [5, 5.41) is 10.8. The molecule has 0 aliphatic carbocycles. The minimum Gasteiger partial charge on any atom is -0.506 e. The highest BCUT2D eigenvalue weighted by Crippen LogP contribution is 2.32. The second kappa shape index (κ2) is 4.11. The quantitative estimate of drug-likeness (QED) is 0.786. The summed E-state index contributed by atoms with van der Waals surface area (Å²) in [7, 11) is 0. The average molecular weight is 219 g/mol. The third-order valence-electron chi connectivity index (χ3n) is 2.23. The van der Waals surface area contributed by atoms with Crippen LogP contribution in [0.5, 0.6) is 5.75 Å². The van der Waals surface area contributed by atoms with Gasteiger partial charge in [0, 0.05) is 16.0 Å². The monoisotopic (exact) mass is 219 g/mol. The molecule has 2 nitrogen and oxygen atoms in total. The maximum atomic E-state index is 9.72. The first-order chi connectivity index (χ1) is 7.22. The third-order valence-corrected chi connectivity index (χ3v) is 3.19. The Bertz CT molecular complexity index is 496. The van der Waals surface area contributed by atoms with Gasteiger partial charge in [-0.15, -0.1) is 11.8 Å². The van der Waals surface area contributed by atoms with Crippen LogP contribution in [0.2, 0.25) is 0 Å². The molecule has 1 aromatic carbocycles. The van der Waals surface area contributed by atoms with E-state index < -0.39 is 0 Å². The number of aryl methyl sites for hydroxylation is 1. The van der Waals surface area contributed by atoms with Crippen LogP contribution < -0.4 is 0 Å². The van der Waals surface area contributed by atoms with Crippen molar-refractivity contribution in [1.82, 2.24) is 4.98 Å². The maximum Gasteiger partial charge on any atom is 0.141 e. The summed E-state index contributed by atoms with van der Waals surface area (Å²) < 4.78 is 0. The molecule has 0 aliphatic heterocycles. The van der Waals surface area contributed by atoms with Crippen molar-refractivity contribution in [2.75, 3.05) is 5.75 Å². The number of phenols is 1. The fourth-order valence-corrected chi connectivity index (χ4v) is 2.35. The number of pyridine rings is 1. The number of aromatic nitrogens is 1. The second-order valence-electron chi connectivity index (χ2n) is 3.36. The average Bonchev–Trinajstić information content (AvgIpc) is 2.23. The fraction of sp³-hybridized carbons (Fsp3) is 0.250. The molecule has 2 rings (SSSR count). The topological polar surface area (TPSA) is 33.1 Å². The molecule has 0 saturated carbocycles. The number of rotatable bonds is 2. The Morgan fingerprint density at radius 3 is 2.80 bits per heavy atom. The molecule has 1 aromatic heterocycles. The lowest BCUT2D eigenvalue weighted by atomic mass is 10.2. The Balaban J connectivity index is 2.71. The third kappa shape index (κ3) is 1.92. The molecule has 2 aromatic rings. The Labute approximate surface area is 93.3 Å². The molecule has 3 heteroatoms. The first-order valence-electron chi connectivity index (χ1n) is 4.94. The van der Waals surface area contributed by atoms with E-state index in [-0.39, 0.29) is 5.75 Å². The second-order valence-corrected chi connectivity index (χ2v) is 4.67. The number of nitrogens with zero attached hydrogens (tertiary/aromatic N) is 1. The summed E-state index contributed by atoms with van der Waals surface area (Å²) in [6, 6.07) is 7.66. The summed E-state index contributed by atoms with van der Waals surface area (Å²) >= 11 is 1.77. The van der Waals surface area contributed by atoms with Gasteiger partial charge in [0.05, 0.1) is 0 Å². The van der Waals surface area contributed by atoms with E-state index in [2.05, 4.69) is 11.9 Å². The van der Waals surface area contributed by atoms with E-state index in [0.717, 1.165) is 16.8 Å². The van der Waals surface area contributed by atoms with Crippen LogP contribution in [0.15, 0.2) is 29.2 Å². The zero-order valence-corrected chi connectivity index (χ0v) is 9.64. The Kier molecular flexibility index (Phi) is 2.82. The standard InChI is InChI=1S/C12H13NOS/c1-3-15-11-7-6-10(14)12-9(11)5-4-8(2)13-12/h4-7,14H,3H2,1-2H3. The smallest absolute Gasteiger partial charge is 0.141 e. The van der Waals surface area contributed by atoms with Crippen LogP contribution in [-0.2, 0) is 0 Å². The summed E-state index contributed by atoms with van der Waals surface area (Å²) in [6.45, 7) is 4.05. The van der Waals surface area contributed by atoms with Crippen LogP contribution in [0.4, 0.5) is 0 Å². The number of benzene rings is 1. The number of hydrogen-bond donors (Lipinski definition) is 1. The van der Waals surface area contributed by atoms with Gasteiger partial charge >= 0.3 is 0 Å². The van der Waals surface area contributed by atoms with E-state index in [1.807, 2.05) is 25.1 Å². The predicted octanol–water partition coefficient (Wildman–Crippen LogP) is 3.36. The first-order valence-corrected chi connectivity index (χ1v) is 5.93. The van der Waals surface area contributed by atoms with Crippen molar-refractivity contribution >= 4 is 22.7 Å². The molecule has 1 heterocycles. The molecular weight excluding hydrogens is 206 g/mol.